The predicted octanol–water partition coefficient (Wildman–Crippen LogP) is 18.6. The average molecular weight is 1100 g/mol. The maximum absolute atomic E-state index is 5.58. The molecule has 0 N–H and O–H groups in total. The zero-order chi connectivity index (χ0) is 56.9. The maximum atomic E-state index is 5.58. The van der Waals surface area contributed by atoms with Crippen LogP contribution in [0.1, 0.15) is 0 Å². The Balaban J connectivity index is 1.08. The number of aromatic nitrogens is 9. The van der Waals surface area contributed by atoms with Crippen LogP contribution < -0.4 is 0 Å². The summed E-state index contributed by atoms with van der Waals surface area (Å²) in [6.07, 6.45) is 0. The zero-order valence-corrected chi connectivity index (χ0v) is 46.3. The van der Waals surface area contributed by atoms with E-state index in [9.17, 15) is 0 Å². The Bertz CT molecular complexity index is 4890. The minimum Gasteiger partial charge on any atom is -0.309 e. The van der Waals surface area contributed by atoms with E-state index in [1.54, 1.807) is 0 Å². The third kappa shape index (κ3) is 8.95. The van der Waals surface area contributed by atoms with Crippen LogP contribution in [0.25, 0.3) is 157 Å². The molecule has 0 fully saturated rings. The molecular weight excluding hydrogens is 1050 g/mol. The van der Waals surface area contributed by atoms with E-state index in [2.05, 4.69) is 228 Å². The number of nitrogens with zero attached hydrogens (tertiary/aromatic N) is 9. The second kappa shape index (κ2) is 21.2. The van der Waals surface area contributed by atoms with Gasteiger partial charge in [0.15, 0.2) is 34.9 Å². The Kier molecular flexibility index (Phi) is 12.3. The topological polar surface area (TPSA) is 100 Å². The molecule has 0 aliphatic carbocycles. The van der Waals surface area contributed by atoms with Crippen LogP contribution in [0.3, 0.4) is 0 Å². The normalized spacial score (nSPS) is 11.5. The summed E-state index contributed by atoms with van der Waals surface area (Å²) < 4.78 is 4.72. The summed E-state index contributed by atoms with van der Waals surface area (Å²) in [6.45, 7) is 0. The number of para-hydroxylation sites is 2. The molecule has 0 amide bonds. The highest BCUT2D eigenvalue weighted by molar-refractivity contribution is 6.13. The molecule has 9 nitrogen and oxygen atoms in total. The Morgan fingerprint density at radius 3 is 0.977 bits per heavy atom. The molecule has 86 heavy (non-hydrogen) atoms. The molecule has 5 heterocycles. The molecule has 0 bridgehead atoms. The lowest BCUT2D eigenvalue weighted by Crippen LogP contribution is -2.09. The standard InChI is InChI=1S/C77H49N9/c1-7-24-50(25-8-1)56-42-44-69-61(46-56)62-47-57(66-39-23-38-65(78-66)51-26-9-2-10-27-51)43-45-70(62)86(69)71-63(76-81-72(52-28-11-3-12-29-52)79-73(82-76)53-30-13-4-14-31-53)48-58(85-67-40-21-19-36-59(67)60-37-20-22-41-68(60)85)49-64(71)77-83-74(54-32-15-5-16-33-54)80-75(84-77)55-34-17-6-18-35-55/h1-49H. The van der Waals surface area contributed by atoms with Gasteiger partial charge in [0.25, 0.3) is 0 Å². The molecule has 402 valence electrons. The van der Waals surface area contributed by atoms with E-state index in [0.717, 1.165) is 122 Å². The van der Waals surface area contributed by atoms with Gasteiger partial charge < -0.3 is 9.13 Å². The SMILES string of the molecule is c1ccc(-c2ccc3c(c2)c2cc(-c4cccc(-c5ccccc5)n4)ccc2n3-c2c(-c3nc(-c4ccccc4)nc(-c4ccccc4)n3)cc(-n3c4ccccc4c4ccccc43)cc2-c2nc(-c3ccccc3)nc(-c3ccccc3)n2)cc1. The first-order valence-electron chi connectivity index (χ1n) is 28.7. The lowest BCUT2D eigenvalue weighted by Gasteiger charge is -2.21. The molecule has 0 unspecified atom stereocenters. The first kappa shape index (κ1) is 50.0. The van der Waals surface area contributed by atoms with Crippen molar-refractivity contribution < 1.29 is 0 Å². The smallest absolute Gasteiger partial charge is 0.166 e. The van der Waals surface area contributed by atoms with Crippen LogP contribution in [0, 0.1) is 0 Å². The molecular formula is C77H49N9. The van der Waals surface area contributed by atoms with Gasteiger partial charge in [-0.1, -0.05) is 237 Å². The van der Waals surface area contributed by atoms with Crippen molar-refractivity contribution in [3.8, 4) is 113 Å². The fourth-order valence-electron chi connectivity index (χ4n) is 12.0. The summed E-state index contributed by atoms with van der Waals surface area (Å²) in [5, 5.41) is 4.33. The molecule has 0 aliphatic rings. The van der Waals surface area contributed by atoms with Crippen LogP contribution in [0.15, 0.2) is 297 Å². The van der Waals surface area contributed by atoms with Gasteiger partial charge in [-0.2, -0.15) is 0 Å². The van der Waals surface area contributed by atoms with E-state index < -0.39 is 0 Å². The maximum Gasteiger partial charge on any atom is 0.166 e. The summed E-state index contributed by atoms with van der Waals surface area (Å²) >= 11 is 0. The van der Waals surface area contributed by atoms with Crippen molar-refractivity contribution in [2.75, 3.05) is 0 Å². The largest absolute Gasteiger partial charge is 0.309 e. The van der Waals surface area contributed by atoms with E-state index >= 15 is 0 Å². The Hall–Kier alpha value is -11.8. The van der Waals surface area contributed by atoms with E-state index in [4.69, 9.17) is 34.9 Å². The van der Waals surface area contributed by atoms with Crippen molar-refractivity contribution in [2.45, 2.75) is 0 Å². The molecule has 16 aromatic rings. The van der Waals surface area contributed by atoms with Crippen LogP contribution in [-0.2, 0) is 0 Å². The molecule has 0 spiro atoms. The van der Waals surface area contributed by atoms with Crippen LogP contribution in [-0.4, -0.2) is 44.0 Å². The number of rotatable bonds is 11. The lowest BCUT2D eigenvalue weighted by atomic mass is 10.0. The minimum absolute atomic E-state index is 0.464. The van der Waals surface area contributed by atoms with Gasteiger partial charge in [-0.25, -0.2) is 34.9 Å². The van der Waals surface area contributed by atoms with E-state index in [1.165, 1.54) is 0 Å². The van der Waals surface area contributed by atoms with Gasteiger partial charge in [-0.05, 0) is 71.8 Å². The molecule has 0 saturated heterocycles. The van der Waals surface area contributed by atoms with Crippen LogP contribution in [0.5, 0.6) is 0 Å². The molecule has 0 atom stereocenters. The third-order valence-corrected chi connectivity index (χ3v) is 16.0. The van der Waals surface area contributed by atoms with Crippen molar-refractivity contribution in [3.63, 3.8) is 0 Å². The molecule has 5 aromatic heterocycles. The van der Waals surface area contributed by atoms with Gasteiger partial charge in [0, 0.05) is 71.7 Å². The van der Waals surface area contributed by atoms with Crippen molar-refractivity contribution >= 4 is 43.6 Å². The summed E-state index contributed by atoms with van der Waals surface area (Å²) in [4.78, 5) is 38.1. The van der Waals surface area contributed by atoms with Crippen molar-refractivity contribution in [2.24, 2.45) is 0 Å². The molecule has 16 rings (SSSR count). The van der Waals surface area contributed by atoms with Crippen LogP contribution in [0.4, 0.5) is 0 Å². The minimum atomic E-state index is 0.464. The number of fused-ring (bicyclic) bond motifs is 6. The lowest BCUT2D eigenvalue weighted by molar-refractivity contribution is 1.05. The molecule has 0 radical (unpaired) electrons. The van der Waals surface area contributed by atoms with E-state index in [-0.39, 0.29) is 0 Å². The monoisotopic (exact) mass is 1100 g/mol. The van der Waals surface area contributed by atoms with E-state index in [1.807, 2.05) is 78.9 Å². The molecule has 0 saturated carbocycles. The van der Waals surface area contributed by atoms with Crippen molar-refractivity contribution in [1.82, 2.24) is 44.0 Å². The van der Waals surface area contributed by atoms with Gasteiger partial charge >= 0.3 is 0 Å². The van der Waals surface area contributed by atoms with Crippen molar-refractivity contribution in [1.29, 1.82) is 0 Å². The highest BCUT2D eigenvalue weighted by Crippen LogP contribution is 2.46. The average Bonchev–Trinajstić information content (AvgIpc) is 2.17. The highest BCUT2D eigenvalue weighted by atomic mass is 15.1. The van der Waals surface area contributed by atoms with E-state index in [0.29, 0.717) is 34.9 Å². The number of hydrogen-bond donors (Lipinski definition) is 0. The predicted molar refractivity (Wildman–Crippen MR) is 349 cm³/mol. The first-order valence-corrected chi connectivity index (χ1v) is 28.7. The fourth-order valence-corrected chi connectivity index (χ4v) is 12.0. The zero-order valence-electron chi connectivity index (χ0n) is 46.3. The number of hydrogen-bond acceptors (Lipinski definition) is 7. The Morgan fingerprint density at radius 1 is 0.198 bits per heavy atom. The van der Waals surface area contributed by atoms with Crippen molar-refractivity contribution in [3.05, 3.63) is 297 Å². The summed E-state index contributed by atoms with van der Waals surface area (Å²) in [5.74, 6) is 3.06. The summed E-state index contributed by atoms with van der Waals surface area (Å²) in [6, 6.07) is 103. The van der Waals surface area contributed by atoms with Gasteiger partial charge in [-0.3, -0.25) is 0 Å². The summed E-state index contributed by atoms with van der Waals surface area (Å²) in [5.41, 5.74) is 16.5. The van der Waals surface area contributed by atoms with Gasteiger partial charge in [-0.15, -0.1) is 0 Å². The quantitative estimate of drug-likeness (QED) is 0.127. The fraction of sp³-hybridized carbons (Fsp3) is 0. The Labute approximate surface area is 495 Å². The number of pyridine rings is 1. The third-order valence-electron chi connectivity index (χ3n) is 16.0. The van der Waals surface area contributed by atoms with Gasteiger partial charge in [0.05, 0.1) is 39.1 Å². The second-order valence-electron chi connectivity index (χ2n) is 21.3. The molecule has 11 aromatic carbocycles. The van der Waals surface area contributed by atoms with Gasteiger partial charge in [0.2, 0.25) is 0 Å². The molecule has 9 heteroatoms. The van der Waals surface area contributed by atoms with Gasteiger partial charge in [0.1, 0.15) is 0 Å². The summed E-state index contributed by atoms with van der Waals surface area (Å²) in [7, 11) is 0. The van der Waals surface area contributed by atoms with Crippen LogP contribution >= 0.6 is 0 Å². The Morgan fingerprint density at radius 2 is 0.535 bits per heavy atom. The molecule has 0 aliphatic heterocycles. The van der Waals surface area contributed by atoms with Crippen LogP contribution in [0.2, 0.25) is 0 Å². The first-order chi connectivity index (χ1) is 42.6. The number of benzene rings is 11. The highest BCUT2D eigenvalue weighted by Gasteiger charge is 2.28. The second-order valence-corrected chi connectivity index (χ2v) is 21.3.